The molecule has 5 nitrogen and oxygen atoms in total. The van der Waals surface area contributed by atoms with Crippen LogP contribution in [0.25, 0.3) is 10.2 Å². The Kier molecular flexibility index (Phi) is 6.32. The van der Waals surface area contributed by atoms with E-state index in [2.05, 4.69) is 5.32 Å². The van der Waals surface area contributed by atoms with Gasteiger partial charge in [0.1, 0.15) is 11.5 Å². The zero-order chi connectivity index (χ0) is 25.4. The van der Waals surface area contributed by atoms with Crippen LogP contribution in [-0.4, -0.2) is 27.3 Å². The molecule has 7 heteroatoms. The SMILES string of the molecule is O=C1c2cc3sccc3n2C[C@@](C(=O)NC2CCCCCC2)(c2ccccc2)N1Cc1cccc(F)c1. The number of carbonyl (C=O) groups excluding carboxylic acids is 2. The van der Waals surface area contributed by atoms with Crippen LogP contribution in [0.3, 0.4) is 0 Å². The first-order valence-electron chi connectivity index (χ1n) is 13.1. The predicted octanol–water partition coefficient (Wildman–Crippen LogP) is 6.23. The topological polar surface area (TPSA) is 54.3 Å². The van der Waals surface area contributed by atoms with Crippen LogP contribution in [0.4, 0.5) is 4.39 Å². The number of hydrogen-bond donors (Lipinski definition) is 1. The molecule has 0 saturated heterocycles. The number of thiophene rings is 1. The number of carbonyl (C=O) groups is 2. The number of amides is 2. The number of fused-ring (bicyclic) bond motifs is 3. The van der Waals surface area contributed by atoms with Crippen molar-refractivity contribution in [1.29, 1.82) is 0 Å². The molecule has 1 N–H and O–H groups in total. The first-order chi connectivity index (χ1) is 18.1. The third-order valence-corrected chi connectivity index (χ3v) is 8.73. The number of aromatic nitrogens is 1. The Hall–Kier alpha value is -3.45. The molecule has 0 bridgehead atoms. The smallest absolute Gasteiger partial charge is 0.272 e. The van der Waals surface area contributed by atoms with Gasteiger partial charge in [0.15, 0.2) is 5.54 Å². The van der Waals surface area contributed by atoms with Gasteiger partial charge in [0.25, 0.3) is 11.8 Å². The molecular formula is C30H30FN3O2S. The van der Waals surface area contributed by atoms with E-state index in [1.165, 1.54) is 25.0 Å². The van der Waals surface area contributed by atoms with Crippen molar-refractivity contribution >= 4 is 33.4 Å². The molecule has 2 amide bonds. The Labute approximate surface area is 219 Å². The Morgan fingerprint density at radius 1 is 1.00 bits per heavy atom. The van der Waals surface area contributed by atoms with Crippen molar-refractivity contribution in [2.24, 2.45) is 0 Å². The minimum absolute atomic E-state index is 0.0777. The third kappa shape index (κ3) is 4.25. The summed E-state index contributed by atoms with van der Waals surface area (Å²) in [6, 6.07) is 19.9. The molecule has 6 rings (SSSR count). The summed E-state index contributed by atoms with van der Waals surface area (Å²) in [4.78, 5) is 30.4. The molecule has 2 aromatic carbocycles. The predicted molar refractivity (Wildman–Crippen MR) is 144 cm³/mol. The number of halogens is 1. The molecule has 2 aliphatic rings. The molecule has 0 spiro atoms. The highest BCUT2D eigenvalue weighted by Crippen LogP contribution is 2.41. The summed E-state index contributed by atoms with van der Waals surface area (Å²) in [5.41, 5.74) is 1.65. The molecule has 0 radical (unpaired) electrons. The van der Waals surface area contributed by atoms with Gasteiger partial charge in [-0.15, -0.1) is 11.3 Å². The zero-order valence-electron chi connectivity index (χ0n) is 20.7. The van der Waals surface area contributed by atoms with Crippen LogP contribution >= 0.6 is 11.3 Å². The van der Waals surface area contributed by atoms with E-state index in [0.717, 1.165) is 41.5 Å². The molecule has 1 aliphatic heterocycles. The maximum atomic E-state index is 14.5. The van der Waals surface area contributed by atoms with Gasteiger partial charge >= 0.3 is 0 Å². The van der Waals surface area contributed by atoms with Gasteiger partial charge in [-0.05, 0) is 53.6 Å². The van der Waals surface area contributed by atoms with E-state index in [4.69, 9.17) is 0 Å². The molecule has 1 aliphatic carbocycles. The van der Waals surface area contributed by atoms with Crippen molar-refractivity contribution in [3.8, 4) is 0 Å². The Morgan fingerprint density at radius 2 is 1.78 bits per heavy atom. The van der Waals surface area contributed by atoms with Crippen LogP contribution in [0.15, 0.2) is 72.1 Å². The second kappa shape index (κ2) is 9.78. The number of nitrogens with one attached hydrogen (secondary N) is 1. The van der Waals surface area contributed by atoms with Gasteiger partial charge in [0.2, 0.25) is 0 Å². The minimum Gasteiger partial charge on any atom is -0.351 e. The molecule has 1 saturated carbocycles. The van der Waals surface area contributed by atoms with Crippen molar-refractivity contribution in [3.05, 3.63) is 94.7 Å². The van der Waals surface area contributed by atoms with Crippen LogP contribution in [0, 0.1) is 5.82 Å². The van der Waals surface area contributed by atoms with Gasteiger partial charge in [-0.3, -0.25) is 9.59 Å². The minimum atomic E-state index is -1.28. The molecule has 1 atom stereocenters. The second-order valence-corrected chi connectivity index (χ2v) is 11.1. The van der Waals surface area contributed by atoms with E-state index in [0.29, 0.717) is 17.8 Å². The van der Waals surface area contributed by atoms with Crippen molar-refractivity contribution in [3.63, 3.8) is 0 Å². The van der Waals surface area contributed by atoms with Crippen molar-refractivity contribution < 1.29 is 14.0 Å². The van der Waals surface area contributed by atoms with Gasteiger partial charge in [-0.2, -0.15) is 0 Å². The quantitative estimate of drug-likeness (QED) is 0.320. The molecular weight excluding hydrogens is 485 g/mol. The highest BCUT2D eigenvalue weighted by molar-refractivity contribution is 7.17. The molecule has 190 valence electrons. The Bertz CT molecular complexity index is 1440. The lowest BCUT2D eigenvalue weighted by atomic mass is 9.83. The van der Waals surface area contributed by atoms with Gasteiger partial charge in [-0.25, -0.2) is 4.39 Å². The lowest BCUT2D eigenvalue weighted by molar-refractivity contribution is -0.136. The van der Waals surface area contributed by atoms with Crippen molar-refractivity contribution in [2.75, 3.05) is 0 Å². The summed E-state index contributed by atoms with van der Waals surface area (Å²) in [5.74, 6) is -0.754. The van der Waals surface area contributed by atoms with Crippen molar-refractivity contribution in [2.45, 2.75) is 63.2 Å². The molecule has 4 aromatic rings. The van der Waals surface area contributed by atoms with E-state index in [-0.39, 0.29) is 30.2 Å². The summed E-state index contributed by atoms with van der Waals surface area (Å²) < 4.78 is 17.2. The lowest BCUT2D eigenvalue weighted by Crippen LogP contribution is -2.63. The molecule has 37 heavy (non-hydrogen) atoms. The van der Waals surface area contributed by atoms with E-state index in [1.807, 2.05) is 58.5 Å². The number of rotatable bonds is 5. The standard InChI is InChI=1S/C30H30FN3O2S/c31-23-12-8-9-21(17-23)19-34-28(35)26-18-27-25(15-16-37-27)33(26)20-30(34,22-10-4-3-5-11-22)29(36)32-24-13-6-1-2-7-14-24/h3-5,8-12,15-18,24H,1-2,6-7,13-14,19-20H2,(H,32,36)/t30-/m0/s1. The van der Waals surface area contributed by atoms with Crippen LogP contribution in [-0.2, 0) is 23.4 Å². The van der Waals surface area contributed by atoms with E-state index in [9.17, 15) is 14.0 Å². The summed E-state index contributed by atoms with van der Waals surface area (Å²) >= 11 is 1.58. The van der Waals surface area contributed by atoms with Crippen molar-refractivity contribution in [1.82, 2.24) is 14.8 Å². The first kappa shape index (κ1) is 23.9. The number of benzene rings is 2. The van der Waals surface area contributed by atoms with Gasteiger partial charge in [0.05, 0.1) is 16.8 Å². The Morgan fingerprint density at radius 3 is 2.54 bits per heavy atom. The average Bonchev–Trinajstić information content (AvgIpc) is 3.40. The summed E-state index contributed by atoms with van der Waals surface area (Å²) in [7, 11) is 0. The molecule has 2 aromatic heterocycles. The largest absolute Gasteiger partial charge is 0.351 e. The van der Waals surface area contributed by atoms with Crippen LogP contribution in [0.5, 0.6) is 0 Å². The fraction of sp³-hybridized carbons (Fsp3) is 0.333. The highest BCUT2D eigenvalue weighted by Gasteiger charge is 2.53. The third-order valence-electron chi connectivity index (χ3n) is 7.88. The maximum Gasteiger partial charge on any atom is 0.272 e. The fourth-order valence-electron chi connectivity index (χ4n) is 5.99. The average molecular weight is 516 g/mol. The van der Waals surface area contributed by atoms with Crippen LogP contribution < -0.4 is 5.32 Å². The Balaban J connectivity index is 1.52. The van der Waals surface area contributed by atoms with Crippen LogP contribution in [0.1, 0.15) is 60.1 Å². The van der Waals surface area contributed by atoms with E-state index >= 15 is 0 Å². The zero-order valence-corrected chi connectivity index (χ0v) is 21.5. The second-order valence-electron chi connectivity index (χ2n) is 10.2. The molecule has 3 heterocycles. The number of nitrogens with zero attached hydrogens (tertiary/aromatic N) is 2. The first-order valence-corrected chi connectivity index (χ1v) is 13.9. The highest BCUT2D eigenvalue weighted by atomic mass is 32.1. The van der Waals surface area contributed by atoms with Crippen LogP contribution in [0.2, 0.25) is 0 Å². The lowest BCUT2D eigenvalue weighted by Gasteiger charge is -2.47. The van der Waals surface area contributed by atoms with Gasteiger partial charge in [-0.1, -0.05) is 68.1 Å². The maximum absolute atomic E-state index is 14.5. The number of hydrogen-bond acceptors (Lipinski definition) is 3. The van der Waals surface area contributed by atoms with E-state index in [1.54, 1.807) is 22.3 Å². The monoisotopic (exact) mass is 515 g/mol. The summed E-state index contributed by atoms with van der Waals surface area (Å²) in [6.45, 7) is 0.425. The fourth-order valence-corrected chi connectivity index (χ4v) is 6.81. The summed E-state index contributed by atoms with van der Waals surface area (Å²) in [6.07, 6.45) is 6.43. The van der Waals surface area contributed by atoms with Gasteiger partial charge in [0, 0.05) is 12.6 Å². The molecule has 1 fully saturated rings. The van der Waals surface area contributed by atoms with Gasteiger partial charge < -0.3 is 14.8 Å². The van der Waals surface area contributed by atoms with E-state index < -0.39 is 5.54 Å². The summed E-state index contributed by atoms with van der Waals surface area (Å²) in [5, 5.41) is 5.37. The normalized spacial score (nSPS) is 20.6. The molecule has 0 unspecified atom stereocenters.